The van der Waals surface area contributed by atoms with E-state index in [1.165, 1.54) is 12.1 Å². The van der Waals surface area contributed by atoms with Crippen LogP contribution in [0.3, 0.4) is 0 Å². The molecule has 4 rings (SSSR count). The lowest BCUT2D eigenvalue weighted by atomic mass is 10.1. The van der Waals surface area contributed by atoms with Crippen molar-refractivity contribution in [3.8, 4) is 22.4 Å². The van der Waals surface area contributed by atoms with Crippen molar-refractivity contribution in [2.24, 2.45) is 0 Å². The maximum absolute atomic E-state index is 13.4. The number of hydrogen-bond acceptors (Lipinski definition) is 2. The van der Waals surface area contributed by atoms with Crippen molar-refractivity contribution >= 4 is 5.65 Å². The molecule has 106 valence electrons. The molecule has 0 fully saturated rings. The van der Waals surface area contributed by atoms with Gasteiger partial charge in [0.05, 0.1) is 11.9 Å². The molecule has 0 unspecified atom stereocenters. The normalized spacial score (nSPS) is 11.0. The summed E-state index contributed by atoms with van der Waals surface area (Å²) in [6, 6.07) is 14.5. The van der Waals surface area contributed by atoms with Gasteiger partial charge in [-0.2, -0.15) is 0 Å². The average molecular weight is 289 g/mol. The molecule has 0 saturated heterocycles. The Bertz CT molecular complexity index is 945. The lowest BCUT2D eigenvalue weighted by molar-refractivity contribution is 0.628. The molecule has 0 bridgehead atoms. The third-order valence-electron chi connectivity index (χ3n) is 3.65. The predicted octanol–water partition coefficient (Wildman–Crippen LogP) is 4.20. The highest BCUT2D eigenvalue weighted by Crippen LogP contribution is 2.25. The molecule has 22 heavy (non-hydrogen) atoms. The van der Waals surface area contributed by atoms with Crippen molar-refractivity contribution in [3.63, 3.8) is 0 Å². The number of fused-ring (bicyclic) bond motifs is 1. The van der Waals surface area contributed by atoms with Gasteiger partial charge >= 0.3 is 0 Å². The number of rotatable bonds is 2. The van der Waals surface area contributed by atoms with Crippen molar-refractivity contribution in [3.05, 3.63) is 79.1 Å². The summed E-state index contributed by atoms with van der Waals surface area (Å²) in [6.45, 7) is 0. The minimum Gasteiger partial charge on any atom is -0.300 e. The summed E-state index contributed by atoms with van der Waals surface area (Å²) in [5.74, 6) is -0.249. The zero-order chi connectivity index (χ0) is 14.9. The summed E-state index contributed by atoms with van der Waals surface area (Å²) in [5, 5.41) is 0. The molecule has 0 saturated carbocycles. The van der Waals surface area contributed by atoms with E-state index in [1.807, 2.05) is 40.9 Å². The fraction of sp³-hybridized carbons (Fsp3) is 0. The molecule has 0 radical (unpaired) electrons. The highest BCUT2D eigenvalue weighted by atomic mass is 19.1. The van der Waals surface area contributed by atoms with Gasteiger partial charge in [0.2, 0.25) is 0 Å². The van der Waals surface area contributed by atoms with Crippen molar-refractivity contribution in [2.45, 2.75) is 0 Å². The Hall–Kier alpha value is -3.01. The standard InChI is InChI=1S/C18H12FN3/c19-16-3-1-2-15(10-16)17-12-21-18-11-14(6-9-22(17)18)13-4-7-20-8-5-13/h1-12H. The molecule has 1 aromatic carbocycles. The van der Waals surface area contributed by atoms with Crippen LogP contribution in [0.4, 0.5) is 4.39 Å². The largest absolute Gasteiger partial charge is 0.300 e. The van der Waals surface area contributed by atoms with Crippen LogP contribution in [0.5, 0.6) is 0 Å². The molecule has 4 aromatic rings. The summed E-state index contributed by atoms with van der Waals surface area (Å²) in [4.78, 5) is 8.46. The van der Waals surface area contributed by atoms with Crippen molar-refractivity contribution < 1.29 is 4.39 Å². The van der Waals surface area contributed by atoms with Crippen molar-refractivity contribution in [2.75, 3.05) is 0 Å². The first-order valence-corrected chi connectivity index (χ1v) is 6.95. The minimum absolute atomic E-state index is 0.249. The number of aromatic nitrogens is 3. The molecule has 0 N–H and O–H groups in total. The van der Waals surface area contributed by atoms with Gasteiger partial charge in [-0.3, -0.25) is 9.38 Å². The number of hydrogen-bond donors (Lipinski definition) is 0. The average Bonchev–Trinajstić information content (AvgIpc) is 2.99. The summed E-state index contributed by atoms with van der Waals surface area (Å²) in [7, 11) is 0. The third-order valence-corrected chi connectivity index (χ3v) is 3.65. The van der Waals surface area contributed by atoms with Crippen LogP contribution in [0.15, 0.2) is 73.3 Å². The molecule has 0 atom stereocenters. The van der Waals surface area contributed by atoms with E-state index in [0.29, 0.717) is 0 Å². The molecule has 0 amide bonds. The molecule has 0 aliphatic rings. The molecule has 0 aliphatic carbocycles. The molecule has 0 spiro atoms. The fourth-order valence-electron chi connectivity index (χ4n) is 2.57. The predicted molar refractivity (Wildman–Crippen MR) is 83.8 cm³/mol. The van der Waals surface area contributed by atoms with Gasteiger partial charge in [0.25, 0.3) is 0 Å². The Labute approximate surface area is 126 Å². The fourth-order valence-corrected chi connectivity index (χ4v) is 2.57. The number of nitrogens with zero attached hydrogens (tertiary/aromatic N) is 3. The second kappa shape index (κ2) is 5.07. The number of benzene rings is 1. The highest BCUT2D eigenvalue weighted by molar-refractivity contribution is 5.70. The first kappa shape index (κ1) is 12.7. The van der Waals surface area contributed by atoms with E-state index in [-0.39, 0.29) is 5.82 Å². The summed E-state index contributed by atoms with van der Waals surface area (Å²) in [6.07, 6.45) is 7.26. The summed E-state index contributed by atoms with van der Waals surface area (Å²) in [5.41, 5.74) is 4.67. The van der Waals surface area contributed by atoms with Crippen molar-refractivity contribution in [1.29, 1.82) is 0 Å². The summed E-state index contributed by atoms with van der Waals surface area (Å²) >= 11 is 0. The number of pyridine rings is 2. The quantitative estimate of drug-likeness (QED) is 0.553. The maximum atomic E-state index is 13.4. The van der Waals surface area contributed by atoms with Gasteiger partial charge in [-0.25, -0.2) is 9.37 Å². The Kier molecular flexibility index (Phi) is 2.93. The van der Waals surface area contributed by atoms with Gasteiger partial charge in [0.15, 0.2) is 0 Å². The zero-order valence-electron chi connectivity index (χ0n) is 11.6. The van der Waals surface area contributed by atoms with E-state index >= 15 is 0 Å². The number of imidazole rings is 1. The zero-order valence-corrected chi connectivity index (χ0v) is 11.6. The van der Waals surface area contributed by atoms with Crippen LogP contribution in [-0.2, 0) is 0 Å². The molecule has 3 aromatic heterocycles. The van der Waals surface area contributed by atoms with Gasteiger partial charge in [-0.15, -0.1) is 0 Å². The van der Waals surface area contributed by atoms with Gasteiger partial charge in [0, 0.05) is 24.2 Å². The summed E-state index contributed by atoms with van der Waals surface area (Å²) < 4.78 is 15.4. The highest BCUT2D eigenvalue weighted by Gasteiger charge is 2.08. The molecule has 0 aliphatic heterocycles. The van der Waals surface area contributed by atoms with E-state index in [2.05, 4.69) is 9.97 Å². The van der Waals surface area contributed by atoms with Crippen LogP contribution in [0.2, 0.25) is 0 Å². The van der Waals surface area contributed by atoms with E-state index in [0.717, 1.165) is 28.0 Å². The lowest BCUT2D eigenvalue weighted by Gasteiger charge is -2.05. The van der Waals surface area contributed by atoms with E-state index in [4.69, 9.17) is 0 Å². The van der Waals surface area contributed by atoms with E-state index < -0.39 is 0 Å². The maximum Gasteiger partial charge on any atom is 0.137 e. The minimum atomic E-state index is -0.249. The van der Waals surface area contributed by atoms with Gasteiger partial charge in [0.1, 0.15) is 11.5 Å². The van der Waals surface area contributed by atoms with Crippen LogP contribution >= 0.6 is 0 Å². The first-order chi connectivity index (χ1) is 10.8. The van der Waals surface area contributed by atoms with Crippen LogP contribution in [0, 0.1) is 5.82 Å². The van der Waals surface area contributed by atoms with Gasteiger partial charge < -0.3 is 0 Å². The molecule has 3 nitrogen and oxygen atoms in total. The monoisotopic (exact) mass is 289 g/mol. The topological polar surface area (TPSA) is 30.2 Å². The van der Waals surface area contributed by atoms with Gasteiger partial charge in [-0.05, 0) is 47.5 Å². The third kappa shape index (κ3) is 2.15. The van der Waals surface area contributed by atoms with Gasteiger partial charge in [-0.1, -0.05) is 12.1 Å². The lowest BCUT2D eigenvalue weighted by Crippen LogP contribution is -1.89. The van der Waals surface area contributed by atoms with Crippen LogP contribution in [0.1, 0.15) is 0 Å². The van der Waals surface area contributed by atoms with Crippen LogP contribution < -0.4 is 0 Å². The number of halogens is 1. The smallest absolute Gasteiger partial charge is 0.137 e. The van der Waals surface area contributed by atoms with Crippen LogP contribution in [-0.4, -0.2) is 14.4 Å². The Morgan fingerprint density at radius 2 is 1.73 bits per heavy atom. The second-order valence-corrected chi connectivity index (χ2v) is 5.03. The second-order valence-electron chi connectivity index (χ2n) is 5.03. The molecule has 4 heteroatoms. The Morgan fingerprint density at radius 1 is 0.864 bits per heavy atom. The Balaban J connectivity index is 1.84. The first-order valence-electron chi connectivity index (χ1n) is 6.95. The van der Waals surface area contributed by atoms with Crippen molar-refractivity contribution in [1.82, 2.24) is 14.4 Å². The SMILES string of the molecule is Fc1cccc(-c2cnc3cc(-c4ccncc4)ccn23)c1. The van der Waals surface area contributed by atoms with Crippen LogP contribution in [0.25, 0.3) is 28.0 Å². The molecule has 3 heterocycles. The Morgan fingerprint density at radius 3 is 2.55 bits per heavy atom. The molecular weight excluding hydrogens is 277 g/mol. The van der Waals surface area contributed by atoms with E-state index in [9.17, 15) is 4.39 Å². The molecular formula is C18H12FN3. The van der Waals surface area contributed by atoms with E-state index in [1.54, 1.807) is 24.7 Å².